The number of nitrogens with zero attached hydrogens (tertiary/aromatic N) is 2. The van der Waals surface area contributed by atoms with Gasteiger partial charge in [-0.3, -0.25) is 9.69 Å². The zero-order valence-corrected chi connectivity index (χ0v) is 15.8. The molecule has 0 aromatic heterocycles. The van der Waals surface area contributed by atoms with Gasteiger partial charge in [0.25, 0.3) is 0 Å². The second-order valence-electron chi connectivity index (χ2n) is 7.71. The molecule has 1 aliphatic rings. The van der Waals surface area contributed by atoms with Gasteiger partial charge in [0, 0.05) is 13.0 Å². The van der Waals surface area contributed by atoms with Crippen molar-refractivity contribution in [2.75, 3.05) is 13.7 Å². The molecule has 0 radical (unpaired) electrons. The van der Waals surface area contributed by atoms with Crippen LogP contribution in [0.1, 0.15) is 56.7 Å². The Labute approximate surface area is 154 Å². The lowest BCUT2D eigenvalue weighted by Gasteiger charge is -2.51. The number of amides is 1. The molecule has 6 heteroatoms. The van der Waals surface area contributed by atoms with Crippen LogP contribution in [0.3, 0.4) is 0 Å². The highest BCUT2D eigenvalue weighted by atomic mass is 16.5. The van der Waals surface area contributed by atoms with Gasteiger partial charge < -0.3 is 9.84 Å². The Kier molecular flexibility index (Phi) is 5.60. The maximum atomic E-state index is 12.2. The third-order valence-corrected chi connectivity index (χ3v) is 5.36. The number of carboxylic acid groups (broad SMARTS) is 1. The SMILES string of the molecule is COC(=O)CCC1(C(C)(C)C)c2ccc(C#N)cc2CCCN1C(=O)O. The lowest BCUT2D eigenvalue weighted by molar-refractivity contribution is -0.142. The highest BCUT2D eigenvalue weighted by Gasteiger charge is 2.52. The van der Waals surface area contributed by atoms with E-state index in [1.807, 2.05) is 32.9 Å². The fourth-order valence-electron chi connectivity index (χ4n) is 4.13. The average Bonchev–Trinajstić information content (AvgIpc) is 2.75. The van der Waals surface area contributed by atoms with Gasteiger partial charge in [-0.05, 0) is 47.9 Å². The fraction of sp³-hybridized carbons (Fsp3) is 0.550. The number of methoxy groups -OCH3 is 1. The van der Waals surface area contributed by atoms with Crippen molar-refractivity contribution >= 4 is 12.1 Å². The molecule has 6 nitrogen and oxygen atoms in total. The summed E-state index contributed by atoms with van der Waals surface area (Å²) < 4.78 is 4.80. The Balaban J connectivity index is 2.73. The van der Waals surface area contributed by atoms with Gasteiger partial charge in [-0.2, -0.15) is 5.26 Å². The molecule has 140 valence electrons. The number of esters is 1. The van der Waals surface area contributed by atoms with Crippen LogP contribution in [0.4, 0.5) is 4.79 Å². The van der Waals surface area contributed by atoms with Gasteiger partial charge >= 0.3 is 12.1 Å². The molecule has 2 rings (SSSR count). The van der Waals surface area contributed by atoms with Gasteiger partial charge in [0.2, 0.25) is 0 Å². The summed E-state index contributed by atoms with van der Waals surface area (Å²) in [5.41, 5.74) is 1.07. The molecule has 1 heterocycles. The molecule has 1 aliphatic heterocycles. The van der Waals surface area contributed by atoms with Crippen molar-refractivity contribution in [3.8, 4) is 6.07 Å². The van der Waals surface area contributed by atoms with Crippen LogP contribution >= 0.6 is 0 Å². The number of fused-ring (bicyclic) bond motifs is 1. The predicted octanol–water partition coefficient (Wildman–Crippen LogP) is 3.68. The molecular weight excluding hydrogens is 332 g/mol. The van der Waals surface area contributed by atoms with E-state index in [0.29, 0.717) is 31.4 Å². The van der Waals surface area contributed by atoms with Crippen LogP contribution in [0.5, 0.6) is 0 Å². The van der Waals surface area contributed by atoms with E-state index in [4.69, 9.17) is 4.74 Å². The first-order chi connectivity index (χ1) is 12.2. The van der Waals surface area contributed by atoms with E-state index in [0.717, 1.165) is 11.1 Å². The summed E-state index contributed by atoms with van der Waals surface area (Å²) in [5.74, 6) is -0.363. The van der Waals surface area contributed by atoms with Crippen LogP contribution in [-0.2, 0) is 21.5 Å². The summed E-state index contributed by atoms with van der Waals surface area (Å²) >= 11 is 0. The third-order valence-electron chi connectivity index (χ3n) is 5.36. The summed E-state index contributed by atoms with van der Waals surface area (Å²) in [6.07, 6.45) is 0.822. The van der Waals surface area contributed by atoms with Crippen molar-refractivity contribution in [1.82, 2.24) is 4.90 Å². The van der Waals surface area contributed by atoms with Crippen LogP contribution in [0.25, 0.3) is 0 Å². The van der Waals surface area contributed by atoms with E-state index >= 15 is 0 Å². The Morgan fingerprint density at radius 1 is 1.38 bits per heavy atom. The summed E-state index contributed by atoms with van der Waals surface area (Å²) in [5, 5.41) is 19.2. The lowest BCUT2D eigenvalue weighted by Crippen LogP contribution is -2.56. The van der Waals surface area contributed by atoms with Crippen molar-refractivity contribution in [1.29, 1.82) is 5.26 Å². The quantitative estimate of drug-likeness (QED) is 0.832. The second-order valence-corrected chi connectivity index (χ2v) is 7.71. The number of aryl methyl sites for hydroxylation is 1. The van der Waals surface area contributed by atoms with Gasteiger partial charge in [0.15, 0.2) is 0 Å². The molecule has 0 spiro atoms. The minimum absolute atomic E-state index is 0.122. The van der Waals surface area contributed by atoms with Gasteiger partial charge in [-0.25, -0.2) is 4.79 Å². The number of rotatable bonds is 3. The summed E-state index contributed by atoms with van der Waals surface area (Å²) in [4.78, 5) is 25.5. The number of carbonyl (C=O) groups is 2. The molecule has 0 saturated heterocycles. The highest BCUT2D eigenvalue weighted by Crippen LogP contribution is 2.50. The smallest absolute Gasteiger partial charge is 0.408 e. The van der Waals surface area contributed by atoms with Crippen LogP contribution in [0.2, 0.25) is 0 Å². The van der Waals surface area contributed by atoms with E-state index in [-0.39, 0.29) is 12.4 Å². The average molecular weight is 358 g/mol. The number of benzene rings is 1. The maximum Gasteiger partial charge on any atom is 0.408 e. The van der Waals surface area contributed by atoms with E-state index in [9.17, 15) is 20.0 Å². The largest absolute Gasteiger partial charge is 0.469 e. The molecule has 0 saturated carbocycles. The zero-order chi connectivity index (χ0) is 19.5. The van der Waals surface area contributed by atoms with Gasteiger partial charge in [0.05, 0.1) is 24.3 Å². The van der Waals surface area contributed by atoms with Gasteiger partial charge in [-0.15, -0.1) is 0 Å². The fourth-order valence-corrected chi connectivity index (χ4v) is 4.13. The van der Waals surface area contributed by atoms with E-state index < -0.39 is 17.0 Å². The third kappa shape index (κ3) is 3.39. The van der Waals surface area contributed by atoms with E-state index in [2.05, 4.69) is 6.07 Å². The van der Waals surface area contributed by atoms with Crippen molar-refractivity contribution in [3.63, 3.8) is 0 Å². The Morgan fingerprint density at radius 3 is 2.62 bits per heavy atom. The Bertz CT molecular complexity index is 745. The molecule has 26 heavy (non-hydrogen) atoms. The molecule has 1 atom stereocenters. The van der Waals surface area contributed by atoms with Crippen molar-refractivity contribution in [2.45, 2.75) is 52.0 Å². The normalized spacial score (nSPS) is 19.9. The van der Waals surface area contributed by atoms with Gasteiger partial charge in [-0.1, -0.05) is 26.8 Å². The van der Waals surface area contributed by atoms with Crippen molar-refractivity contribution < 1.29 is 19.4 Å². The van der Waals surface area contributed by atoms with E-state index in [1.165, 1.54) is 12.0 Å². The van der Waals surface area contributed by atoms with E-state index in [1.54, 1.807) is 6.07 Å². The molecule has 1 aromatic rings. The molecule has 0 aliphatic carbocycles. The second kappa shape index (κ2) is 7.36. The van der Waals surface area contributed by atoms with Crippen molar-refractivity contribution in [3.05, 3.63) is 34.9 Å². The monoisotopic (exact) mass is 358 g/mol. The summed E-state index contributed by atoms with van der Waals surface area (Å²) in [6.45, 7) is 6.36. The molecular formula is C20H26N2O4. The van der Waals surface area contributed by atoms with Crippen LogP contribution in [0, 0.1) is 16.7 Å². The maximum absolute atomic E-state index is 12.2. The summed E-state index contributed by atoms with van der Waals surface area (Å²) in [7, 11) is 1.33. The minimum Gasteiger partial charge on any atom is -0.469 e. The first-order valence-electron chi connectivity index (χ1n) is 8.78. The van der Waals surface area contributed by atoms with Crippen LogP contribution in [0.15, 0.2) is 18.2 Å². The van der Waals surface area contributed by atoms with Gasteiger partial charge in [0.1, 0.15) is 0 Å². The lowest BCUT2D eigenvalue weighted by atomic mass is 9.65. The molecule has 0 bridgehead atoms. The molecule has 1 N–H and O–H groups in total. The Hall–Kier alpha value is -2.55. The predicted molar refractivity (Wildman–Crippen MR) is 96.6 cm³/mol. The molecule has 1 unspecified atom stereocenters. The number of carbonyl (C=O) groups excluding carboxylic acids is 1. The first kappa shape index (κ1) is 19.8. The zero-order valence-electron chi connectivity index (χ0n) is 15.8. The number of ether oxygens (including phenoxy) is 1. The highest BCUT2D eigenvalue weighted by molar-refractivity contribution is 5.71. The van der Waals surface area contributed by atoms with Crippen LogP contribution < -0.4 is 0 Å². The standard InChI is InChI=1S/C20H26N2O4/c1-19(2,3)20(10-9-17(23)26-4)16-8-7-14(13-21)12-15(16)6-5-11-22(20)18(24)25/h7-8,12H,5-6,9-11H2,1-4H3,(H,24,25). The first-order valence-corrected chi connectivity index (χ1v) is 8.78. The number of hydrogen-bond acceptors (Lipinski definition) is 4. The minimum atomic E-state index is -0.998. The molecule has 1 amide bonds. The molecule has 0 fully saturated rings. The van der Waals surface area contributed by atoms with Crippen molar-refractivity contribution in [2.24, 2.45) is 5.41 Å². The topological polar surface area (TPSA) is 90.6 Å². The number of nitriles is 1. The Morgan fingerprint density at radius 2 is 2.08 bits per heavy atom. The number of hydrogen-bond donors (Lipinski definition) is 1. The molecule has 1 aromatic carbocycles. The summed E-state index contributed by atoms with van der Waals surface area (Å²) in [6, 6.07) is 7.58. The van der Waals surface area contributed by atoms with Crippen LogP contribution in [-0.4, -0.2) is 35.7 Å².